The lowest BCUT2D eigenvalue weighted by molar-refractivity contribution is -0.117. The molecule has 0 radical (unpaired) electrons. The van der Waals surface area contributed by atoms with E-state index < -0.39 is 0 Å². The van der Waals surface area contributed by atoms with E-state index in [4.69, 9.17) is 0 Å². The summed E-state index contributed by atoms with van der Waals surface area (Å²) < 4.78 is 1.69. The minimum absolute atomic E-state index is 0.0179. The average molecular weight is 363 g/mol. The Morgan fingerprint density at radius 1 is 1.30 bits per heavy atom. The van der Waals surface area contributed by atoms with Crippen molar-refractivity contribution < 1.29 is 9.59 Å². The molecule has 7 heteroatoms. The molecule has 2 amide bonds. The van der Waals surface area contributed by atoms with Crippen molar-refractivity contribution in [1.29, 1.82) is 0 Å². The van der Waals surface area contributed by atoms with Crippen LogP contribution in [0.15, 0.2) is 30.3 Å². The van der Waals surface area contributed by atoms with Crippen LogP contribution in [-0.4, -0.2) is 33.1 Å². The van der Waals surface area contributed by atoms with Crippen LogP contribution in [0.25, 0.3) is 11.0 Å². The summed E-state index contributed by atoms with van der Waals surface area (Å²) in [6, 6.07) is 9.45. The Morgan fingerprint density at radius 3 is 2.89 bits per heavy atom. The minimum Gasteiger partial charge on any atom is -0.352 e. The zero-order valence-electron chi connectivity index (χ0n) is 15.5. The summed E-state index contributed by atoms with van der Waals surface area (Å²) in [6.07, 6.45) is 0.549. The van der Waals surface area contributed by atoms with Gasteiger partial charge in [-0.15, -0.1) is 0 Å². The van der Waals surface area contributed by atoms with E-state index in [0.717, 1.165) is 28.0 Å². The molecule has 1 aliphatic rings. The van der Waals surface area contributed by atoms with Crippen molar-refractivity contribution in [3.63, 3.8) is 0 Å². The molecule has 0 spiro atoms. The number of amides is 2. The second kappa shape index (κ2) is 6.50. The third-order valence-electron chi connectivity index (χ3n) is 4.97. The summed E-state index contributed by atoms with van der Waals surface area (Å²) in [5, 5.41) is 11.0. The molecule has 3 aromatic rings. The normalized spacial score (nSPS) is 15.7. The predicted molar refractivity (Wildman–Crippen MR) is 103 cm³/mol. The predicted octanol–water partition coefficient (Wildman–Crippen LogP) is 2.44. The lowest BCUT2D eigenvalue weighted by Gasteiger charge is -2.11. The lowest BCUT2D eigenvalue weighted by atomic mass is 9.97. The highest BCUT2D eigenvalue weighted by molar-refractivity contribution is 6.06. The first-order valence-corrected chi connectivity index (χ1v) is 8.94. The van der Waals surface area contributed by atoms with E-state index in [2.05, 4.69) is 20.7 Å². The van der Waals surface area contributed by atoms with E-state index in [0.29, 0.717) is 24.2 Å². The van der Waals surface area contributed by atoms with E-state index in [9.17, 15) is 9.59 Å². The number of rotatable bonds is 4. The van der Waals surface area contributed by atoms with Gasteiger partial charge in [0.2, 0.25) is 5.91 Å². The molecule has 1 aliphatic heterocycles. The topological polar surface area (TPSA) is 88.9 Å². The maximum atomic E-state index is 12.8. The molecule has 1 atom stereocenters. The summed E-state index contributed by atoms with van der Waals surface area (Å²) in [5.74, 6) is -0.426. The Hall–Kier alpha value is -3.22. The molecule has 0 fully saturated rings. The summed E-state index contributed by atoms with van der Waals surface area (Å²) >= 11 is 0. The molecule has 2 aromatic heterocycles. The SMILES string of the molecule is Cc1cc(C(=O)NCCC2C(=O)Nc3ccccc32)c2c(C)nn(C)c2n1. The second-order valence-electron chi connectivity index (χ2n) is 6.89. The molecule has 27 heavy (non-hydrogen) atoms. The third-order valence-corrected chi connectivity index (χ3v) is 4.97. The zero-order valence-corrected chi connectivity index (χ0v) is 15.5. The second-order valence-corrected chi connectivity index (χ2v) is 6.89. The van der Waals surface area contributed by atoms with Gasteiger partial charge in [0.15, 0.2) is 5.65 Å². The number of carbonyl (C=O) groups excluding carboxylic acids is 2. The highest BCUT2D eigenvalue weighted by atomic mass is 16.2. The van der Waals surface area contributed by atoms with Crippen LogP contribution in [0.3, 0.4) is 0 Å². The lowest BCUT2D eigenvalue weighted by Crippen LogP contribution is -2.27. The standard InChI is InChI=1S/C20H21N5O2/c1-11-10-15(17-12(2)24-25(3)18(17)22-11)19(26)21-9-8-14-13-6-4-5-7-16(13)23-20(14)27/h4-7,10,14H,8-9H2,1-3H3,(H,21,26)(H,23,27). The van der Waals surface area contributed by atoms with E-state index in [1.807, 2.05) is 45.2 Å². The number of pyridine rings is 1. The molecule has 0 aliphatic carbocycles. The number of aryl methyl sites for hydroxylation is 3. The first-order chi connectivity index (χ1) is 13.0. The van der Waals surface area contributed by atoms with Gasteiger partial charge >= 0.3 is 0 Å². The summed E-state index contributed by atoms with van der Waals surface area (Å²) in [7, 11) is 1.82. The summed E-state index contributed by atoms with van der Waals surface area (Å²) in [6.45, 7) is 4.14. The number of carbonyl (C=O) groups is 2. The molecular weight excluding hydrogens is 342 g/mol. The van der Waals surface area contributed by atoms with Gasteiger partial charge in [0.25, 0.3) is 5.91 Å². The van der Waals surface area contributed by atoms with E-state index in [1.165, 1.54) is 0 Å². The average Bonchev–Trinajstić information content (AvgIpc) is 3.10. The Balaban J connectivity index is 1.51. The maximum absolute atomic E-state index is 12.8. The van der Waals surface area contributed by atoms with Gasteiger partial charge < -0.3 is 10.6 Å². The Morgan fingerprint density at radius 2 is 2.07 bits per heavy atom. The van der Waals surface area contributed by atoms with Crippen LogP contribution in [-0.2, 0) is 11.8 Å². The van der Waals surface area contributed by atoms with Crippen molar-refractivity contribution in [3.8, 4) is 0 Å². The van der Waals surface area contributed by atoms with Crippen LogP contribution in [0.4, 0.5) is 5.69 Å². The van der Waals surface area contributed by atoms with Gasteiger partial charge in [-0.25, -0.2) is 4.98 Å². The van der Waals surface area contributed by atoms with Gasteiger partial charge in [-0.3, -0.25) is 14.3 Å². The van der Waals surface area contributed by atoms with Crippen molar-refractivity contribution in [2.24, 2.45) is 7.05 Å². The number of nitrogens with one attached hydrogen (secondary N) is 2. The number of nitrogens with zero attached hydrogens (tertiary/aromatic N) is 3. The van der Waals surface area contributed by atoms with Gasteiger partial charge in [0.05, 0.1) is 22.6 Å². The molecule has 7 nitrogen and oxygen atoms in total. The first kappa shape index (κ1) is 17.2. The number of benzene rings is 1. The van der Waals surface area contributed by atoms with Gasteiger partial charge in [-0.1, -0.05) is 18.2 Å². The van der Waals surface area contributed by atoms with Gasteiger partial charge in [0.1, 0.15) is 0 Å². The maximum Gasteiger partial charge on any atom is 0.252 e. The van der Waals surface area contributed by atoms with E-state index >= 15 is 0 Å². The number of hydrogen-bond acceptors (Lipinski definition) is 4. The van der Waals surface area contributed by atoms with E-state index in [-0.39, 0.29) is 17.7 Å². The van der Waals surface area contributed by atoms with Crippen molar-refractivity contribution in [2.45, 2.75) is 26.2 Å². The van der Waals surface area contributed by atoms with Crippen molar-refractivity contribution in [2.75, 3.05) is 11.9 Å². The number of fused-ring (bicyclic) bond motifs is 2. The fraction of sp³-hybridized carbons (Fsp3) is 0.300. The number of para-hydroxylation sites is 1. The van der Waals surface area contributed by atoms with Crippen LogP contribution < -0.4 is 10.6 Å². The molecule has 0 saturated carbocycles. The zero-order chi connectivity index (χ0) is 19.1. The van der Waals surface area contributed by atoms with Gasteiger partial charge in [-0.05, 0) is 38.0 Å². The number of anilines is 1. The largest absolute Gasteiger partial charge is 0.352 e. The van der Waals surface area contributed by atoms with Crippen molar-refractivity contribution >= 4 is 28.5 Å². The number of hydrogen-bond donors (Lipinski definition) is 2. The van der Waals surface area contributed by atoms with Crippen LogP contribution in [0.5, 0.6) is 0 Å². The van der Waals surface area contributed by atoms with Crippen LogP contribution >= 0.6 is 0 Å². The highest BCUT2D eigenvalue weighted by Crippen LogP contribution is 2.34. The molecule has 138 valence electrons. The smallest absolute Gasteiger partial charge is 0.252 e. The quantitative estimate of drug-likeness (QED) is 0.745. The first-order valence-electron chi connectivity index (χ1n) is 8.94. The molecule has 1 aromatic carbocycles. The van der Waals surface area contributed by atoms with Crippen LogP contribution in [0.1, 0.15) is 39.6 Å². The van der Waals surface area contributed by atoms with E-state index in [1.54, 1.807) is 10.7 Å². The summed E-state index contributed by atoms with van der Waals surface area (Å²) in [4.78, 5) is 29.5. The molecule has 3 heterocycles. The number of aromatic nitrogens is 3. The molecule has 2 N–H and O–H groups in total. The highest BCUT2D eigenvalue weighted by Gasteiger charge is 2.29. The molecule has 0 saturated heterocycles. The van der Waals surface area contributed by atoms with Gasteiger partial charge in [-0.2, -0.15) is 5.10 Å². The van der Waals surface area contributed by atoms with Crippen LogP contribution in [0, 0.1) is 13.8 Å². The fourth-order valence-corrected chi connectivity index (χ4v) is 3.74. The summed E-state index contributed by atoms with van der Waals surface area (Å²) in [5.41, 5.74) is 4.65. The van der Waals surface area contributed by atoms with Crippen LogP contribution in [0.2, 0.25) is 0 Å². The Kier molecular flexibility index (Phi) is 4.14. The third kappa shape index (κ3) is 2.95. The minimum atomic E-state index is -0.235. The van der Waals surface area contributed by atoms with Crippen molar-refractivity contribution in [1.82, 2.24) is 20.1 Å². The molecule has 1 unspecified atom stereocenters. The fourth-order valence-electron chi connectivity index (χ4n) is 3.74. The Labute approximate surface area is 156 Å². The monoisotopic (exact) mass is 363 g/mol. The molecule has 0 bridgehead atoms. The van der Waals surface area contributed by atoms with Crippen molar-refractivity contribution in [3.05, 3.63) is 52.8 Å². The van der Waals surface area contributed by atoms with Gasteiger partial charge in [0, 0.05) is 25.0 Å². The Bertz CT molecular complexity index is 1070. The molecular formula is C20H21N5O2. The molecule has 4 rings (SSSR count).